The first kappa shape index (κ1) is 23.6. The van der Waals surface area contributed by atoms with E-state index < -0.39 is 0 Å². The van der Waals surface area contributed by atoms with Gasteiger partial charge in [0, 0.05) is 12.1 Å². The van der Waals surface area contributed by atoms with Crippen LogP contribution in [0.25, 0.3) is 6.08 Å². The van der Waals surface area contributed by atoms with Crippen molar-refractivity contribution < 1.29 is 15.0 Å². The van der Waals surface area contributed by atoms with Gasteiger partial charge < -0.3 is 21.3 Å². The molecule has 0 radical (unpaired) electrons. The largest absolute Gasteiger partial charge is 0.508 e. The normalized spacial score (nSPS) is 11.7. The van der Waals surface area contributed by atoms with Crippen molar-refractivity contribution in [3.63, 3.8) is 0 Å². The average Bonchev–Trinajstić information content (AvgIpc) is 2.74. The fraction of sp³-hybridized carbons (Fsp3) is 0.348. The lowest BCUT2D eigenvalue weighted by atomic mass is 9.92. The van der Waals surface area contributed by atoms with Gasteiger partial charge in [-0.2, -0.15) is 0 Å². The van der Waals surface area contributed by atoms with Crippen LogP contribution < -0.4 is 11.1 Å². The topological polar surface area (TPSA) is 95.6 Å². The molecule has 2 rings (SSSR count). The SMILES string of the molecule is CCC(CCNC)c1cccc(CN)c1.O=C/C=C/c1ccc(O)c(CO)c1. The zero-order valence-electron chi connectivity index (χ0n) is 16.8. The molecule has 0 saturated heterocycles. The fourth-order valence-electron chi connectivity index (χ4n) is 2.89. The Hall–Kier alpha value is -2.47. The van der Waals surface area contributed by atoms with Crippen molar-refractivity contribution >= 4 is 12.4 Å². The van der Waals surface area contributed by atoms with Gasteiger partial charge in [-0.05, 0) is 67.3 Å². The Kier molecular flexibility index (Phi) is 11.5. The highest BCUT2D eigenvalue weighted by molar-refractivity contribution is 5.74. The second-order valence-corrected chi connectivity index (χ2v) is 6.49. The number of hydrogen-bond acceptors (Lipinski definition) is 5. The molecule has 2 aromatic rings. The third kappa shape index (κ3) is 8.05. The van der Waals surface area contributed by atoms with Gasteiger partial charge >= 0.3 is 0 Å². The summed E-state index contributed by atoms with van der Waals surface area (Å²) < 4.78 is 0. The van der Waals surface area contributed by atoms with E-state index >= 15 is 0 Å². The summed E-state index contributed by atoms with van der Waals surface area (Å²) in [5, 5.41) is 21.2. The minimum absolute atomic E-state index is 0.0609. The highest BCUT2D eigenvalue weighted by atomic mass is 16.3. The van der Waals surface area contributed by atoms with Crippen LogP contribution in [0.2, 0.25) is 0 Å². The van der Waals surface area contributed by atoms with E-state index in [1.54, 1.807) is 18.2 Å². The Labute approximate surface area is 167 Å². The number of allylic oxidation sites excluding steroid dienone is 1. The maximum atomic E-state index is 10.0. The van der Waals surface area contributed by atoms with Crippen molar-refractivity contribution in [3.05, 3.63) is 70.8 Å². The number of hydrogen-bond donors (Lipinski definition) is 4. The van der Waals surface area contributed by atoms with Gasteiger partial charge in [0.2, 0.25) is 0 Å². The van der Waals surface area contributed by atoms with Crippen LogP contribution in [0.15, 0.2) is 48.5 Å². The van der Waals surface area contributed by atoms with Crippen LogP contribution in [0.4, 0.5) is 0 Å². The molecule has 152 valence electrons. The summed E-state index contributed by atoms with van der Waals surface area (Å²) in [6.45, 7) is 3.74. The van der Waals surface area contributed by atoms with Gasteiger partial charge in [0.1, 0.15) is 12.0 Å². The van der Waals surface area contributed by atoms with Gasteiger partial charge in [0.05, 0.1) is 6.61 Å². The number of nitrogens with one attached hydrogen (secondary N) is 1. The molecule has 0 amide bonds. The number of phenols is 1. The van der Waals surface area contributed by atoms with Crippen molar-refractivity contribution in [2.24, 2.45) is 5.73 Å². The van der Waals surface area contributed by atoms with Crippen LogP contribution in [-0.4, -0.2) is 30.1 Å². The van der Waals surface area contributed by atoms with E-state index in [1.165, 1.54) is 36.1 Å². The Morgan fingerprint density at radius 2 is 2.00 bits per heavy atom. The molecule has 5 nitrogen and oxygen atoms in total. The van der Waals surface area contributed by atoms with Gasteiger partial charge in [-0.15, -0.1) is 0 Å². The van der Waals surface area contributed by atoms with Crippen molar-refractivity contribution in [1.82, 2.24) is 5.32 Å². The Morgan fingerprint density at radius 3 is 2.61 bits per heavy atom. The monoisotopic (exact) mass is 384 g/mol. The number of nitrogens with two attached hydrogens (primary N) is 1. The summed E-state index contributed by atoms with van der Waals surface area (Å²) in [6, 6.07) is 13.4. The van der Waals surface area contributed by atoms with Gasteiger partial charge in [-0.1, -0.05) is 43.3 Å². The van der Waals surface area contributed by atoms with Crippen molar-refractivity contribution in [3.8, 4) is 5.75 Å². The summed E-state index contributed by atoms with van der Waals surface area (Å²) in [4.78, 5) is 10.0. The molecular formula is C23H32N2O3. The molecule has 0 aromatic heterocycles. The molecule has 0 aliphatic heterocycles. The van der Waals surface area contributed by atoms with E-state index in [9.17, 15) is 9.90 Å². The number of rotatable bonds is 9. The third-order valence-corrected chi connectivity index (χ3v) is 4.53. The maximum Gasteiger partial charge on any atom is 0.142 e. The summed E-state index contributed by atoms with van der Waals surface area (Å²) in [6.07, 6.45) is 6.02. The van der Waals surface area contributed by atoms with Crippen LogP contribution in [0.3, 0.4) is 0 Å². The number of aliphatic hydroxyl groups excluding tert-OH is 1. The summed E-state index contributed by atoms with van der Waals surface area (Å²) in [5.41, 5.74) is 9.53. The third-order valence-electron chi connectivity index (χ3n) is 4.53. The van der Waals surface area contributed by atoms with E-state index in [-0.39, 0.29) is 12.4 Å². The molecular weight excluding hydrogens is 352 g/mol. The maximum absolute atomic E-state index is 10.0. The lowest BCUT2D eigenvalue weighted by molar-refractivity contribution is -0.104. The smallest absolute Gasteiger partial charge is 0.142 e. The zero-order chi connectivity index (χ0) is 20.8. The first-order valence-electron chi connectivity index (χ1n) is 9.57. The number of benzene rings is 2. The van der Waals surface area contributed by atoms with Gasteiger partial charge in [0.15, 0.2) is 0 Å². The number of carbonyl (C=O) groups is 1. The first-order valence-corrected chi connectivity index (χ1v) is 9.57. The predicted molar refractivity (Wildman–Crippen MR) is 115 cm³/mol. The number of aromatic hydroxyl groups is 1. The Balaban J connectivity index is 0.000000283. The minimum atomic E-state index is -0.214. The minimum Gasteiger partial charge on any atom is -0.508 e. The number of aliphatic hydroxyl groups is 1. The van der Waals surface area contributed by atoms with Crippen LogP contribution in [0.5, 0.6) is 5.75 Å². The summed E-state index contributed by atoms with van der Waals surface area (Å²) in [5.74, 6) is 0.717. The molecule has 5 N–H and O–H groups in total. The van der Waals surface area contributed by atoms with Crippen molar-refractivity contribution in [2.45, 2.75) is 38.8 Å². The van der Waals surface area contributed by atoms with Gasteiger partial charge in [-0.25, -0.2) is 0 Å². The van der Waals surface area contributed by atoms with E-state index in [0.717, 1.165) is 12.1 Å². The molecule has 0 heterocycles. The van der Waals surface area contributed by atoms with Gasteiger partial charge in [0.25, 0.3) is 0 Å². The van der Waals surface area contributed by atoms with Crippen molar-refractivity contribution in [2.75, 3.05) is 13.6 Å². The molecule has 0 spiro atoms. The quantitative estimate of drug-likeness (QED) is 0.393. The highest BCUT2D eigenvalue weighted by Crippen LogP contribution is 2.23. The van der Waals surface area contributed by atoms with Gasteiger partial charge in [-0.3, -0.25) is 4.79 Å². The van der Waals surface area contributed by atoms with Crippen LogP contribution in [-0.2, 0) is 17.9 Å². The molecule has 0 bridgehead atoms. The number of aldehydes is 1. The molecule has 0 saturated carbocycles. The molecule has 1 atom stereocenters. The lowest BCUT2D eigenvalue weighted by Gasteiger charge is -2.15. The number of carbonyl (C=O) groups excluding carboxylic acids is 1. The van der Waals surface area contributed by atoms with E-state index in [4.69, 9.17) is 10.8 Å². The molecule has 0 aliphatic rings. The lowest BCUT2D eigenvalue weighted by Crippen LogP contribution is -2.12. The van der Waals surface area contributed by atoms with Crippen LogP contribution in [0.1, 0.15) is 47.9 Å². The van der Waals surface area contributed by atoms with E-state index in [0.29, 0.717) is 24.3 Å². The summed E-state index contributed by atoms with van der Waals surface area (Å²) >= 11 is 0. The molecule has 28 heavy (non-hydrogen) atoms. The Bertz CT molecular complexity index is 744. The average molecular weight is 385 g/mol. The summed E-state index contributed by atoms with van der Waals surface area (Å²) in [7, 11) is 2.00. The first-order chi connectivity index (χ1) is 13.6. The zero-order valence-corrected chi connectivity index (χ0v) is 16.8. The molecule has 2 aromatic carbocycles. The van der Waals surface area contributed by atoms with Crippen LogP contribution in [0, 0.1) is 0 Å². The molecule has 0 aliphatic carbocycles. The second kappa shape index (κ2) is 13.7. The van der Waals surface area contributed by atoms with Crippen LogP contribution >= 0.6 is 0 Å². The fourth-order valence-corrected chi connectivity index (χ4v) is 2.89. The molecule has 0 fully saturated rings. The predicted octanol–water partition coefficient (Wildman–Crippen LogP) is 3.35. The molecule has 1 unspecified atom stereocenters. The standard InChI is InChI=1S/C13H22N2.C10H10O3/c1-3-12(7-8-15-2)13-6-4-5-11(9-13)10-14;11-5-1-2-8-3-4-10(13)9(6-8)7-12/h4-6,9,12,15H,3,7-8,10,14H2,1-2H3;1-6,12-13H,7H2/b;2-1+. The van der Waals surface area contributed by atoms with E-state index in [2.05, 4.69) is 36.5 Å². The molecule has 5 heteroatoms. The van der Waals surface area contributed by atoms with Crippen molar-refractivity contribution in [1.29, 1.82) is 0 Å². The van der Waals surface area contributed by atoms with E-state index in [1.807, 2.05) is 7.05 Å². The second-order valence-electron chi connectivity index (χ2n) is 6.49. The Morgan fingerprint density at radius 1 is 1.21 bits per heavy atom. The highest BCUT2D eigenvalue weighted by Gasteiger charge is 2.08.